The average molecular weight is 315 g/mol. The van der Waals surface area contributed by atoms with Gasteiger partial charge in [0.05, 0.1) is 17.5 Å². The SMILES string of the molecule is COc1ccc2sc(-c3nc(C4(N)CCC4)no3)c(C)c2c1. The monoisotopic (exact) mass is 315 g/mol. The lowest BCUT2D eigenvalue weighted by molar-refractivity contribution is 0.229. The van der Waals surface area contributed by atoms with Crippen LogP contribution in [-0.4, -0.2) is 17.3 Å². The van der Waals surface area contributed by atoms with Crippen LogP contribution in [0.5, 0.6) is 5.75 Å². The molecule has 22 heavy (non-hydrogen) atoms. The Hall–Kier alpha value is -1.92. The Morgan fingerprint density at radius 1 is 1.36 bits per heavy atom. The van der Waals surface area contributed by atoms with Gasteiger partial charge in [-0.3, -0.25) is 0 Å². The molecule has 0 bridgehead atoms. The molecule has 2 heterocycles. The molecule has 0 spiro atoms. The lowest BCUT2D eigenvalue weighted by Crippen LogP contribution is -2.44. The van der Waals surface area contributed by atoms with Crippen molar-refractivity contribution in [3.63, 3.8) is 0 Å². The van der Waals surface area contributed by atoms with E-state index in [2.05, 4.69) is 23.1 Å². The van der Waals surface area contributed by atoms with Crippen LogP contribution in [0, 0.1) is 6.92 Å². The number of aromatic nitrogens is 2. The highest BCUT2D eigenvalue weighted by Gasteiger charge is 2.39. The lowest BCUT2D eigenvalue weighted by atomic mass is 9.77. The Morgan fingerprint density at radius 2 is 2.18 bits per heavy atom. The van der Waals surface area contributed by atoms with E-state index in [4.69, 9.17) is 15.0 Å². The summed E-state index contributed by atoms with van der Waals surface area (Å²) in [5.74, 6) is 2.04. The molecule has 1 aliphatic rings. The number of nitrogens with two attached hydrogens (primary N) is 1. The second-order valence-electron chi connectivity index (χ2n) is 5.85. The van der Waals surface area contributed by atoms with Crippen molar-refractivity contribution in [3.8, 4) is 16.5 Å². The van der Waals surface area contributed by atoms with Gasteiger partial charge in [0.2, 0.25) is 0 Å². The lowest BCUT2D eigenvalue weighted by Gasteiger charge is -2.34. The predicted molar refractivity (Wildman–Crippen MR) is 86.1 cm³/mol. The first-order valence-electron chi connectivity index (χ1n) is 7.31. The molecule has 0 radical (unpaired) electrons. The molecule has 2 aromatic heterocycles. The first kappa shape index (κ1) is 13.7. The fourth-order valence-corrected chi connectivity index (χ4v) is 3.94. The summed E-state index contributed by atoms with van der Waals surface area (Å²) < 4.78 is 12.0. The number of benzene rings is 1. The molecule has 3 aromatic rings. The zero-order valence-corrected chi connectivity index (χ0v) is 13.4. The first-order chi connectivity index (χ1) is 10.6. The third kappa shape index (κ3) is 1.94. The summed E-state index contributed by atoms with van der Waals surface area (Å²) in [6, 6.07) is 6.06. The summed E-state index contributed by atoms with van der Waals surface area (Å²) in [7, 11) is 1.67. The Labute approximate surface area is 132 Å². The normalized spacial score (nSPS) is 16.7. The number of hydrogen-bond donors (Lipinski definition) is 1. The molecule has 0 amide bonds. The van der Waals surface area contributed by atoms with Crippen molar-refractivity contribution in [1.82, 2.24) is 10.1 Å². The van der Waals surface area contributed by atoms with E-state index >= 15 is 0 Å². The van der Waals surface area contributed by atoms with Crippen LogP contribution < -0.4 is 10.5 Å². The summed E-state index contributed by atoms with van der Waals surface area (Å²) >= 11 is 1.65. The van der Waals surface area contributed by atoms with Gasteiger partial charge in [-0.05, 0) is 55.3 Å². The molecule has 0 saturated heterocycles. The number of hydrogen-bond acceptors (Lipinski definition) is 6. The van der Waals surface area contributed by atoms with Crippen LogP contribution in [0.4, 0.5) is 0 Å². The highest BCUT2D eigenvalue weighted by molar-refractivity contribution is 7.22. The highest BCUT2D eigenvalue weighted by atomic mass is 32.1. The van der Waals surface area contributed by atoms with Crippen molar-refractivity contribution >= 4 is 21.4 Å². The Kier molecular flexibility index (Phi) is 2.99. The van der Waals surface area contributed by atoms with E-state index < -0.39 is 5.54 Å². The zero-order chi connectivity index (χ0) is 15.3. The van der Waals surface area contributed by atoms with Crippen molar-refractivity contribution in [1.29, 1.82) is 0 Å². The Bertz CT molecular complexity index is 848. The molecule has 0 atom stereocenters. The second kappa shape index (κ2) is 4.79. The molecule has 4 rings (SSSR count). The van der Waals surface area contributed by atoms with Crippen molar-refractivity contribution in [2.75, 3.05) is 7.11 Å². The average Bonchev–Trinajstić information content (AvgIpc) is 3.10. The second-order valence-corrected chi connectivity index (χ2v) is 6.90. The van der Waals surface area contributed by atoms with Gasteiger partial charge in [-0.25, -0.2) is 0 Å². The fraction of sp³-hybridized carbons (Fsp3) is 0.375. The van der Waals surface area contributed by atoms with E-state index in [1.807, 2.05) is 12.1 Å². The molecule has 1 fully saturated rings. The summed E-state index contributed by atoms with van der Waals surface area (Å²) in [5, 5.41) is 5.26. The molecule has 114 valence electrons. The van der Waals surface area contributed by atoms with Crippen LogP contribution in [0.15, 0.2) is 22.7 Å². The first-order valence-corrected chi connectivity index (χ1v) is 8.13. The van der Waals surface area contributed by atoms with Crippen molar-refractivity contribution in [3.05, 3.63) is 29.6 Å². The third-order valence-electron chi connectivity index (χ3n) is 4.45. The quantitative estimate of drug-likeness (QED) is 0.799. The maximum Gasteiger partial charge on any atom is 0.268 e. The van der Waals surface area contributed by atoms with Crippen LogP contribution in [0.1, 0.15) is 30.7 Å². The van der Waals surface area contributed by atoms with E-state index in [1.165, 1.54) is 4.70 Å². The maximum atomic E-state index is 6.27. The van der Waals surface area contributed by atoms with Crippen LogP contribution in [0.2, 0.25) is 0 Å². The van der Waals surface area contributed by atoms with Crippen molar-refractivity contribution in [2.45, 2.75) is 31.7 Å². The highest BCUT2D eigenvalue weighted by Crippen LogP contribution is 2.41. The molecule has 2 N–H and O–H groups in total. The largest absolute Gasteiger partial charge is 0.497 e. The van der Waals surface area contributed by atoms with Gasteiger partial charge in [-0.2, -0.15) is 4.98 Å². The predicted octanol–water partition coefficient (Wildman–Crippen LogP) is 3.61. The Balaban J connectivity index is 1.79. The summed E-state index contributed by atoms with van der Waals surface area (Å²) in [6.45, 7) is 2.07. The number of thiophene rings is 1. The summed E-state index contributed by atoms with van der Waals surface area (Å²) in [4.78, 5) is 5.55. The van der Waals surface area contributed by atoms with E-state index in [-0.39, 0.29) is 0 Å². The van der Waals surface area contributed by atoms with Gasteiger partial charge in [0.1, 0.15) is 5.75 Å². The number of nitrogens with zero attached hydrogens (tertiary/aromatic N) is 2. The number of rotatable bonds is 3. The van der Waals surface area contributed by atoms with E-state index in [9.17, 15) is 0 Å². The van der Waals surface area contributed by atoms with Crippen molar-refractivity contribution < 1.29 is 9.26 Å². The van der Waals surface area contributed by atoms with Crippen LogP contribution >= 0.6 is 11.3 Å². The van der Waals surface area contributed by atoms with Crippen LogP contribution in [-0.2, 0) is 5.54 Å². The van der Waals surface area contributed by atoms with Gasteiger partial charge in [0.15, 0.2) is 5.82 Å². The van der Waals surface area contributed by atoms with Crippen LogP contribution in [0.25, 0.3) is 20.9 Å². The molecular weight excluding hydrogens is 298 g/mol. The third-order valence-corrected chi connectivity index (χ3v) is 5.72. The number of ether oxygens (including phenoxy) is 1. The van der Waals surface area contributed by atoms with E-state index in [0.29, 0.717) is 11.7 Å². The molecule has 5 nitrogen and oxygen atoms in total. The molecule has 0 unspecified atom stereocenters. The molecule has 1 aliphatic carbocycles. The van der Waals surface area contributed by atoms with Crippen LogP contribution in [0.3, 0.4) is 0 Å². The molecule has 1 saturated carbocycles. The van der Waals surface area contributed by atoms with Gasteiger partial charge in [0.25, 0.3) is 5.89 Å². The fourth-order valence-electron chi connectivity index (χ4n) is 2.83. The number of fused-ring (bicyclic) bond motifs is 1. The minimum atomic E-state index is -0.393. The van der Waals surface area contributed by atoms with Gasteiger partial charge in [-0.15, -0.1) is 11.3 Å². The number of aryl methyl sites for hydroxylation is 1. The minimum Gasteiger partial charge on any atom is -0.497 e. The summed E-state index contributed by atoms with van der Waals surface area (Å²) in [6.07, 6.45) is 2.98. The molecule has 1 aromatic carbocycles. The standard InChI is InChI=1S/C16H17N3O2S/c1-9-11-8-10(20-2)4-5-12(11)22-13(9)14-18-15(19-21-14)16(17)6-3-7-16/h4-5,8H,3,6-7,17H2,1-2H3. The maximum absolute atomic E-state index is 6.27. The van der Waals surface area contributed by atoms with Gasteiger partial charge in [-0.1, -0.05) is 5.16 Å². The van der Waals surface area contributed by atoms with Gasteiger partial charge in [0, 0.05) is 4.70 Å². The Morgan fingerprint density at radius 3 is 2.86 bits per heavy atom. The molecule has 0 aliphatic heterocycles. The molecule has 6 heteroatoms. The van der Waals surface area contributed by atoms with Gasteiger partial charge < -0.3 is 15.0 Å². The van der Waals surface area contributed by atoms with E-state index in [1.54, 1.807) is 18.4 Å². The summed E-state index contributed by atoms with van der Waals surface area (Å²) in [5.41, 5.74) is 7.01. The smallest absolute Gasteiger partial charge is 0.268 e. The number of methoxy groups -OCH3 is 1. The zero-order valence-electron chi connectivity index (χ0n) is 12.5. The molecular formula is C16H17N3O2S. The minimum absolute atomic E-state index is 0.393. The van der Waals surface area contributed by atoms with E-state index in [0.717, 1.165) is 40.8 Å². The topological polar surface area (TPSA) is 74.2 Å². The van der Waals surface area contributed by atoms with Crippen molar-refractivity contribution in [2.24, 2.45) is 5.73 Å². The van der Waals surface area contributed by atoms with Gasteiger partial charge >= 0.3 is 0 Å².